The molecule has 0 bridgehead atoms. The van der Waals surface area contributed by atoms with E-state index in [-0.39, 0.29) is 6.04 Å². The highest BCUT2D eigenvalue weighted by Crippen LogP contribution is 2.36. The highest BCUT2D eigenvalue weighted by molar-refractivity contribution is 5.25. The normalized spacial score (nSPS) is 20.9. The molecule has 2 rings (SSSR count). The van der Waals surface area contributed by atoms with Crippen molar-refractivity contribution < 1.29 is 4.39 Å². The fourth-order valence-corrected chi connectivity index (χ4v) is 2.49. The van der Waals surface area contributed by atoms with Gasteiger partial charge in [-0.05, 0) is 30.9 Å². The van der Waals surface area contributed by atoms with E-state index < -0.39 is 5.67 Å². The van der Waals surface area contributed by atoms with Gasteiger partial charge in [0.15, 0.2) is 0 Å². The molecule has 0 aromatic heterocycles. The van der Waals surface area contributed by atoms with Crippen molar-refractivity contribution in [3.63, 3.8) is 0 Å². The smallest absolute Gasteiger partial charge is 0.115 e. The van der Waals surface area contributed by atoms with Gasteiger partial charge in [-0.1, -0.05) is 37.1 Å². The molecule has 0 heterocycles. The predicted octanol–water partition coefficient (Wildman–Crippen LogP) is 3.53. The maximum Gasteiger partial charge on any atom is 0.115 e. The molecule has 0 aliphatic heterocycles. The van der Waals surface area contributed by atoms with E-state index in [0.29, 0.717) is 6.42 Å². The van der Waals surface area contributed by atoms with Crippen LogP contribution in [0.4, 0.5) is 4.39 Å². The first kappa shape index (κ1) is 11.6. The topological polar surface area (TPSA) is 26.0 Å². The number of hydrogen-bond acceptors (Lipinski definition) is 1. The van der Waals surface area contributed by atoms with Gasteiger partial charge in [-0.2, -0.15) is 0 Å². The van der Waals surface area contributed by atoms with Gasteiger partial charge in [0, 0.05) is 12.5 Å². The maximum atomic E-state index is 14.2. The molecule has 1 aromatic carbocycles. The Bertz CT molecular complexity index is 336. The van der Waals surface area contributed by atoms with Gasteiger partial charge in [-0.3, -0.25) is 0 Å². The lowest BCUT2D eigenvalue weighted by atomic mass is 9.94. The number of halogens is 1. The van der Waals surface area contributed by atoms with Crippen LogP contribution in [0, 0.1) is 0 Å². The Morgan fingerprint density at radius 3 is 2.31 bits per heavy atom. The van der Waals surface area contributed by atoms with Gasteiger partial charge >= 0.3 is 0 Å². The first-order valence-corrected chi connectivity index (χ1v) is 6.12. The fourth-order valence-electron chi connectivity index (χ4n) is 2.49. The van der Waals surface area contributed by atoms with Gasteiger partial charge in [0.25, 0.3) is 0 Å². The Hall–Kier alpha value is -0.890. The first-order valence-electron chi connectivity index (χ1n) is 6.12. The summed E-state index contributed by atoms with van der Waals surface area (Å²) in [5, 5.41) is 0. The predicted molar refractivity (Wildman–Crippen MR) is 65.1 cm³/mol. The van der Waals surface area contributed by atoms with E-state index in [2.05, 4.69) is 0 Å². The summed E-state index contributed by atoms with van der Waals surface area (Å²) in [6, 6.07) is 8.10. The van der Waals surface area contributed by atoms with E-state index in [1.165, 1.54) is 0 Å². The lowest BCUT2D eigenvalue weighted by molar-refractivity contribution is 0.173. The number of hydrogen-bond donors (Lipinski definition) is 1. The van der Waals surface area contributed by atoms with Crippen molar-refractivity contribution in [1.29, 1.82) is 0 Å². The minimum atomic E-state index is -0.949. The van der Waals surface area contributed by atoms with Crippen LogP contribution in [-0.4, -0.2) is 5.67 Å². The minimum absolute atomic E-state index is 0.0554. The highest BCUT2D eigenvalue weighted by atomic mass is 19.1. The van der Waals surface area contributed by atoms with Gasteiger partial charge in [0.2, 0.25) is 0 Å². The molecular weight excluding hydrogens is 201 g/mol. The molecule has 2 N–H and O–H groups in total. The maximum absolute atomic E-state index is 14.2. The summed E-state index contributed by atoms with van der Waals surface area (Å²) in [5.74, 6) is 0. The second kappa shape index (κ2) is 4.54. The average Bonchev–Trinajstić information content (AvgIpc) is 2.65. The molecule has 16 heavy (non-hydrogen) atoms. The lowest BCUT2D eigenvalue weighted by Crippen LogP contribution is -2.21. The van der Waals surface area contributed by atoms with Crippen molar-refractivity contribution in [2.45, 2.75) is 50.7 Å². The lowest BCUT2D eigenvalue weighted by Gasteiger charge is -2.19. The molecular formula is C14H20FN. The third-order valence-electron chi connectivity index (χ3n) is 3.53. The SMILES string of the molecule is CC(N)c1ccc(CC2(F)CCCC2)cc1. The minimum Gasteiger partial charge on any atom is -0.324 e. The summed E-state index contributed by atoms with van der Waals surface area (Å²) in [6.45, 7) is 1.96. The average molecular weight is 221 g/mol. The second-order valence-corrected chi connectivity index (χ2v) is 5.07. The van der Waals surface area contributed by atoms with Crippen molar-refractivity contribution in [3.8, 4) is 0 Å². The summed E-state index contributed by atoms with van der Waals surface area (Å²) >= 11 is 0. The molecule has 1 saturated carbocycles. The van der Waals surface area contributed by atoms with Crippen LogP contribution in [0.15, 0.2) is 24.3 Å². The molecule has 0 amide bonds. The molecule has 2 heteroatoms. The van der Waals surface area contributed by atoms with Crippen LogP contribution in [0.25, 0.3) is 0 Å². The van der Waals surface area contributed by atoms with Crippen LogP contribution in [-0.2, 0) is 6.42 Å². The van der Waals surface area contributed by atoms with Crippen LogP contribution in [0.1, 0.15) is 49.8 Å². The van der Waals surface area contributed by atoms with E-state index in [0.717, 1.165) is 36.8 Å². The Kier molecular flexibility index (Phi) is 3.29. The van der Waals surface area contributed by atoms with E-state index in [4.69, 9.17) is 5.73 Å². The van der Waals surface area contributed by atoms with Crippen LogP contribution in [0.5, 0.6) is 0 Å². The van der Waals surface area contributed by atoms with E-state index >= 15 is 0 Å². The molecule has 1 aliphatic carbocycles. The van der Waals surface area contributed by atoms with Crippen LogP contribution < -0.4 is 5.73 Å². The van der Waals surface area contributed by atoms with Crippen molar-refractivity contribution in [1.82, 2.24) is 0 Å². The Morgan fingerprint density at radius 1 is 1.25 bits per heavy atom. The summed E-state index contributed by atoms with van der Waals surface area (Å²) in [4.78, 5) is 0. The van der Waals surface area contributed by atoms with Crippen molar-refractivity contribution in [2.24, 2.45) is 5.73 Å². The Balaban J connectivity index is 2.05. The van der Waals surface area contributed by atoms with Crippen molar-refractivity contribution in [3.05, 3.63) is 35.4 Å². The zero-order chi connectivity index (χ0) is 11.6. The van der Waals surface area contributed by atoms with Gasteiger partial charge in [-0.15, -0.1) is 0 Å². The molecule has 1 atom stereocenters. The second-order valence-electron chi connectivity index (χ2n) is 5.07. The molecule has 1 aromatic rings. The summed E-state index contributed by atoms with van der Waals surface area (Å²) in [6.07, 6.45) is 4.08. The zero-order valence-electron chi connectivity index (χ0n) is 9.88. The Labute approximate surface area is 96.9 Å². The number of benzene rings is 1. The molecule has 0 radical (unpaired) electrons. The van der Waals surface area contributed by atoms with Gasteiger partial charge < -0.3 is 5.73 Å². The molecule has 0 saturated heterocycles. The quantitative estimate of drug-likeness (QED) is 0.830. The van der Waals surface area contributed by atoms with E-state index in [1.54, 1.807) is 0 Å². The molecule has 88 valence electrons. The Morgan fingerprint density at radius 2 is 1.81 bits per heavy atom. The molecule has 1 nitrogen and oxygen atoms in total. The largest absolute Gasteiger partial charge is 0.324 e. The number of alkyl halides is 1. The monoisotopic (exact) mass is 221 g/mol. The summed E-state index contributed by atoms with van der Waals surface area (Å²) in [7, 11) is 0. The highest BCUT2D eigenvalue weighted by Gasteiger charge is 2.33. The van der Waals surface area contributed by atoms with Gasteiger partial charge in [0.1, 0.15) is 5.67 Å². The van der Waals surface area contributed by atoms with E-state index in [1.807, 2.05) is 31.2 Å². The number of rotatable bonds is 3. The standard InChI is InChI=1S/C14H20FN/c1-11(16)13-6-4-12(5-7-13)10-14(15)8-2-3-9-14/h4-7,11H,2-3,8-10,16H2,1H3. The third kappa shape index (κ3) is 2.62. The molecule has 1 fully saturated rings. The van der Waals surface area contributed by atoms with Crippen molar-refractivity contribution in [2.75, 3.05) is 0 Å². The molecule has 0 spiro atoms. The summed E-state index contributed by atoms with van der Waals surface area (Å²) in [5.41, 5.74) is 7.04. The number of nitrogens with two attached hydrogens (primary N) is 1. The van der Waals surface area contributed by atoms with Gasteiger partial charge in [0.05, 0.1) is 0 Å². The molecule has 1 aliphatic rings. The van der Waals surface area contributed by atoms with Crippen molar-refractivity contribution >= 4 is 0 Å². The van der Waals surface area contributed by atoms with Crippen LogP contribution in [0.2, 0.25) is 0 Å². The van der Waals surface area contributed by atoms with Gasteiger partial charge in [-0.25, -0.2) is 4.39 Å². The first-order chi connectivity index (χ1) is 7.59. The van der Waals surface area contributed by atoms with Crippen LogP contribution >= 0.6 is 0 Å². The van der Waals surface area contributed by atoms with Crippen LogP contribution in [0.3, 0.4) is 0 Å². The van der Waals surface area contributed by atoms with E-state index in [9.17, 15) is 4.39 Å². The molecule has 1 unspecified atom stereocenters. The zero-order valence-corrected chi connectivity index (χ0v) is 9.88. The summed E-state index contributed by atoms with van der Waals surface area (Å²) < 4.78 is 14.2. The fraction of sp³-hybridized carbons (Fsp3) is 0.571. The third-order valence-corrected chi connectivity index (χ3v) is 3.53.